The summed E-state index contributed by atoms with van der Waals surface area (Å²) in [7, 11) is 3.43. The van der Waals surface area contributed by atoms with Gasteiger partial charge in [-0.05, 0) is 104 Å². The SMILES string of the molecule is CCn1c(-c2cc(N3CCN(C4CC4)CC3)cnc2[C@H](C)OC)c2c3cc(ccc31)-c1cc3cc(c1)OC[C@H]1CNC[C@@H]1C(=O)N(C)[C@@H](C(C)C)C(=O)N[C@@H](C3)C(=O)N1CCC[C@@H](CC(=O)OCC(C)(C)C2)N1. The standard InChI is InChI=1S/C57H77N9O7/c1-9-65-49-15-12-37-25-44(49)46(53(65)45-27-42(30-59-51(45)35(4)71-8)64-19-17-63(18-20-64)41-13-14-41)28-57(5,6)33-73-50(67)26-40-11-10-16-66(61-40)56(70)48-23-36-21-38(37)24-43(22-36)72-32-39-29-58-31-47(39)55(69)62(7)52(34(2)3)54(68)60-48/h12,15,21-22,24-25,27,30,34-35,39-41,47-48,52,58,61H,9-11,13-14,16-20,23,26,28-29,31-33H2,1-8H3,(H,60,68)/t35-,39+,40-,47-,48-,52-/m0/s1. The molecule has 5 aliphatic heterocycles. The Hall–Kier alpha value is -5.55. The molecule has 16 heteroatoms. The first-order valence-corrected chi connectivity index (χ1v) is 27.0. The molecule has 3 saturated heterocycles. The Bertz CT molecular complexity index is 2730. The molecule has 73 heavy (non-hydrogen) atoms. The maximum atomic E-state index is 14.9. The zero-order chi connectivity index (χ0) is 51.3. The van der Waals surface area contributed by atoms with Crippen LogP contribution in [0.1, 0.15) is 96.6 Å². The van der Waals surface area contributed by atoms with E-state index in [1.165, 1.54) is 12.8 Å². The molecule has 4 aromatic rings. The van der Waals surface area contributed by atoms with Crippen molar-refractivity contribution in [2.75, 3.05) is 78.1 Å². The molecule has 392 valence electrons. The van der Waals surface area contributed by atoms with Gasteiger partial charge in [0.1, 0.15) is 17.8 Å². The number of nitrogens with one attached hydrogen (secondary N) is 3. The number of hydrogen-bond donors (Lipinski definition) is 3. The molecule has 16 nitrogen and oxygen atoms in total. The van der Waals surface area contributed by atoms with Crippen molar-refractivity contribution in [3.8, 4) is 28.1 Å². The average molecular weight is 1000 g/mol. The van der Waals surface area contributed by atoms with Crippen LogP contribution in [0.3, 0.4) is 0 Å². The fourth-order valence-electron chi connectivity index (χ4n) is 12.3. The molecule has 3 N–H and O–H groups in total. The second-order valence-electron chi connectivity index (χ2n) is 22.8. The number of rotatable bonds is 7. The Kier molecular flexibility index (Phi) is 14.7. The molecule has 0 radical (unpaired) electrons. The second kappa shape index (κ2) is 21.0. The average Bonchev–Trinajstić information content (AvgIpc) is 4.05. The number of fused-ring (bicyclic) bond motifs is 8. The molecule has 10 rings (SSSR count). The van der Waals surface area contributed by atoms with Crippen LogP contribution in [0.25, 0.3) is 33.3 Å². The highest BCUT2D eigenvalue weighted by Gasteiger charge is 2.42. The molecule has 2 aromatic carbocycles. The molecule has 6 aliphatic rings. The third-order valence-electron chi connectivity index (χ3n) is 16.5. The number of hydrogen-bond acceptors (Lipinski definition) is 12. The number of esters is 1. The molecule has 1 aliphatic carbocycles. The summed E-state index contributed by atoms with van der Waals surface area (Å²) in [6.45, 7) is 19.0. The van der Waals surface area contributed by atoms with Crippen molar-refractivity contribution in [1.29, 1.82) is 0 Å². The number of ether oxygens (including phenoxy) is 3. The van der Waals surface area contributed by atoms with Gasteiger partial charge in [0.15, 0.2) is 0 Å². The van der Waals surface area contributed by atoms with E-state index in [2.05, 4.69) is 94.5 Å². The number of piperazine rings is 1. The van der Waals surface area contributed by atoms with Crippen LogP contribution >= 0.6 is 0 Å². The zero-order valence-corrected chi connectivity index (χ0v) is 44.3. The number of anilines is 1. The topological polar surface area (TPSA) is 163 Å². The highest BCUT2D eigenvalue weighted by Crippen LogP contribution is 2.44. The number of aryl methyl sites for hydroxylation is 1. The second-order valence-corrected chi connectivity index (χ2v) is 22.8. The lowest BCUT2D eigenvalue weighted by Crippen LogP contribution is -2.61. The van der Waals surface area contributed by atoms with Gasteiger partial charge >= 0.3 is 5.97 Å². The van der Waals surface area contributed by atoms with E-state index in [-0.39, 0.29) is 67.1 Å². The lowest BCUT2D eigenvalue weighted by Gasteiger charge is -2.37. The van der Waals surface area contributed by atoms with Gasteiger partial charge in [-0.25, -0.2) is 5.43 Å². The first-order valence-electron chi connectivity index (χ1n) is 27.0. The summed E-state index contributed by atoms with van der Waals surface area (Å²) in [6, 6.07) is 13.7. The number of likely N-dealkylation sites (N-methyl/N-ethyl adjacent to an activating group) is 1. The summed E-state index contributed by atoms with van der Waals surface area (Å²) in [6.07, 6.45) is 6.50. The van der Waals surface area contributed by atoms with Gasteiger partial charge in [0.25, 0.3) is 5.91 Å². The quantitative estimate of drug-likeness (QED) is 0.182. The molecule has 1 saturated carbocycles. The van der Waals surface area contributed by atoms with Gasteiger partial charge in [-0.1, -0.05) is 39.8 Å². The van der Waals surface area contributed by atoms with Crippen LogP contribution in [0.2, 0.25) is 0 Å². The van der Waals surface area contributed by atoms with E-state index >= 15 is 0 Å². The number of hydrazine groups is 1. The van der Waals surface area contributed by atoms with Crippen LogP contribution in [0.5, 0.6) is 5.75 Å². The minimum absolute atomic E-state index is 0.0778. The van der Waals surface area contributed by atoms with Crippen LogP contribution < -0.4 is 25.7 Å². The molecule has 4 fully saturated rings. The van der Waals surface area contributed by atoms with Gasteiger partial charge < -0.3 is 39.2 Å². The summed E-state index contributed by atoms with van der Waals surface area (Å²) in [4.78, 5) is 69.6. The molecule has 8 bridgehead atoms. The van der Waals surface area contributed by atoms with Crippen LogP contribution in [0.4, 0.5) is 5.69 Å². The van der Waals surface area contributed by atoms with E-state index in [9.17, 15) is 19.2 Å². The number of nitrogens with zero attached hydrogens (tertiary/aromatic N) is 6. The van der Waals surface area contributed by atoms with E-state index in [0.29, 0.717) is 57.8 Å². The number of methoxy groups -OCH3 is 1. The Morgan fingerprint density at radius 2 is 1.68 bits per heavy atom. The predicted molar refractivity (Wildman–Crippen MR) is 282 cm³/mol. The summed E-state index contributed by atoms with van der Waals surface area (Å²) >= 11 is 0. The first kappa shape index (κ1) is 51.0. The molecule has 3 amide bonds. The van der Waals surface area contributed by atoms with Gasteiger partial charge in [0.2, 0.25) is 11.8 Å². The number of amides is 3. The Labute approximate surface area is 430 Å². The maximum Gasteiger partial charge on any atom is 0.307 e. The molecule has 2 aromatic heterocycles. The van der Waals surface area contributed by atoms with E-state index in [0.717, 1.165) is 88.0 Å². The molecule has 7 heterocycles. The highest BCUT2D eigenvalue weighted by atomic mass is 16.5. The third-order valence-corrected chi connectivity index (χ3v) is 16.5. The molecule has 0 spiro atoms. The number of carbonyl (C=O) groups is 4. The number of benzene rings is 2. The maximum absolute atomic E-state index is 14.9. The molecular weight excluding hydrogens is 923 g/mol. The van der Waals surface area contributed by atoms with E-state index < -0.39 is 23.4 Å². The minimum Gasteiger partial charge on any atom is -0.493 e. The van der Waals surface area contributed by atoms with Crippen LogP contribution in [-0.2, 0) is 48.0 Å². The third kappa shape index (κ3) is 10.6. The number of cyclic esters (lactones) is 1. The van der Waals surface area contributed by atoms with Crippen LogP contribution in [0, 0.1) is 23.2 Å². The number of aromatic nitrogens is 2. The highest BCUT2D eigenvalue weighted by molar-refractivity contribution is 5.96. The van der Waals surface area contributed by atoms with Crippen molar-refractivity contribution in [3.05, 3.63) is 65.5 Å². The number of carbonyl (C=O) groups excluding carboxylic acids is 4. The lowest BCUT2D eigenvalue weighted by molar-refractivity contribution is -0.150. The van der Waals surface area contributed by atoms with E-state index in [1.807, 2.05) is 26.1 Å². The minimum atomic E-state index is -1.00. The molecule has 6 atom stereocenters. The van der Waals surface area contributed by atoms with E-state index in [1.54, 1.807) is 24.1 Å². The normalized spacial score (nSPS) is 26.0. The summed E-state index contributed by atoms with van der Waals surface area (Å²) < 4.78 is 21.4. The smallest absolute Gasteiger partial charge is 0.307 e. The van der Waals surface area contributed by atoms with Gasteiger partial charge in [-0.3, -0.25) is 34.1 Å². The number of pyridine rings is 1. The largest absolute Gasteiger partial charge is 0.493 e. The fraction of sp³-hybridized carbons (Fsp3) is 0.596. The van der Waals surface area contributed by atoms with Crippen LogP contribution in [0.15, 0.2) is 48.7 Å². The summed E-state index contributed by atoms with van der Waals surface area (Å²) in [5.74, 6) is -1.30. The van der Waals surface area contributed by atoms with Crippen molar-refractivity contribution in [3.63, 3.8) is 0 Å². The van der Waals surface area contributed by atoms with Crippen molar-refractivity contribution >= 4 is 40.3 Å². The van der Waals surface area contributed by atoms with Gasteiger partial charge in [-0.2, -0.15) is 0 Å². The van der Waals surface area contributed by atoms with Crippen LogP contribution in [-0.4, -0.2) is 145 Å². The van der Waals surface area contributed by atoms with Gasteiger partial charge in [0.05, 0.1) is 54.9 Å². The molecule has 0 unspecified atom stereocenters. The van der Waals surface area contributed by atoms with Crippen molar-refractivity contribution in [2.24, 2.45) is 23.2 Å². The summed E-state index contributed by atoms with van der Waals surface area (Å²) in [5.41, 5.74) is 11.8. The van der Waals surface area contributed by atoms with E-state index in [4.69, 9.17) is 19.2 Å². The molecular formula is C57H77N9O7. The monoisotopic (exact) mass is 1000 g/mol. The Balaban J connectivity index is 1.14. The predicted octanol–water partition coefficient (Wildman–Crippen LogP) is 6.13. The van der Waals surface area contributed by atoms with Gasteiger partial charge in [-0.15, -0.1) is 0 Å². The Morgan fingerprint density at radius 1 is 0.890 bits per heavy atom. The fourth-order valence-corrected chi connectivity index (χ4v) is 12.3. The van der Waals surface area contributed by atoms with Crippen molar-refractivity contribution in [1.82, 2.24) is 40.4 Å². The van der Waals surface area contributed by atoms with Crippen molar-refractivity contribution in [2.45, 2.75) is 123 Å². The summed E-state index contributed by atoms with van der Waals surface area (Å²) in [5, 5.41) is 9.21. The van der Waals surface area contributed by atoms with Crippen molar-refractivity contribution < 1.29 is 33.4 Å². The Morgan fingerprint density at radius 3 is 2.42 bits per heavy atom. The van der Waals surface area contributed by atoms with Gasteiger partial charge in [0, 0.05) is 113 Å². The first-order chi connectivity index (χ1) is 35.1. The zero-order valence-electron chi connectivity index (χ0n) is 44.3. The lowest BCUT2D eigenvalue weighted by atomic mass is 9.84.